The maximum Gasteiger partial charge on any atom is 0.338 e. The molecule has 0 atom stereocenters. The van der Waals surface area contributed by atoms with Crippen molar-refractivity contribution in [1.82, 2.24) is 4.57 Å². The number of nitrogens with zero attached hydrogens (tertiary/aromatic N) is 1. The lowest BCUT2D eigenvalue weighted by molar-refractivity contribution is 0.0473. The highest BCUT2D eigenvalue weighted by Crippen LogP contribution is 2.40. The Hall–Kier alpha value is -3.00. The van der Waals surface area contributed by atoms with Crippen molar-refractivity contribution in [2.45, 2.75) is 20.4 Å². The van der Waals surface area contributed by atoms with E-state index in [4.69, 9.17) is 23.7 Å². The molecule has 0 aliphatic carbocycles. The van der Waals surface area contributed by atoms with Gasteiger partial charge in [-0.15, -0.1) is 0 Å². The summed E-state index contributed by atoms with van der Waals surface area (Å²) in [7, 11) is 3.11. The molecule has 1 aliphatic heterocycles. The van der Waals surface area contributed by atoms with Crippen LogP contribution in [0.5, 0.6) is 17.2 Å². The van der Waals surface area contributed by atoms with Crippen molar-refractivity contribution >= 4 is 11.8 Å². The Morgan fingerprint density at radius 1 is 1.10 bits per heavy atom. The van der Waals surface area contributed by atoms with Crippen LogP contribution in [-0.4, -0.2) is 57.0 Å². The highest BCUT2D eigenvalue weighted by atomic mass is 16.6. The molecule has 0 bridgehead atoms. The summed E-state index contributed by atoms with van der Waals surface area (Å²) in [6, 6.07) is 4.84. The topological polar surface area (TPSA) is 85.2 Å². The summed E-state index contributed by atoms with van der Waals surface area (Å²) in [5, 5.41) is 0. The minimum atomic E-state index is -0.637. The van der Waals surface area contributed by atoms with Crippen molar-refractivity contribution in [3.05, 3.63) is 40.7 Å². The van der Waals surface area contributed by atoms with Crippen LogP contribution in [0.15, 0.2) is 18.2 Å². The predicted molar refractivity (Wildman–Crippen MR) is 104 cm³/mol. The number of Topliss-reactive ketones (excluding diaryl/α,β-unsaturated/α-hetero) is 1. The van der Waals surface area contributed by atoms with Gasteiger partial charge in [-0.1, -0.05) is 0 Å². The van der Waals surface area contributed by atoms with Crippen LogP contribution in [0, 0.1) is 13.8 Å². The summed E-state index contributed by atoms with van der Waals surface area (Å²) in [4.78, 5) is 25.1. The Labute approximate surface area is 169 Å². The maximum atomic E-state index is 12.6. The summed E-state index contributed by atoms with van der Waals surface area (Å²) >= 11 is 0. The molecule has 3 rings (SSSR count). The highest BCUT2D eigenvalue weighted by Gasteiger charge is 2.23. The molecule has 156 valence electrons. The summed E-state index contributed by atoms with van der Waals surface area (Å²) in [6.45, 7) is 5.42. The van der Waals surface area contributed by atoms with Crippen LogP contribution in [0.1, 0.15) is 32.1 Å². The second-order valence-corrected chi connectivity index (χ2v) is 6.63. The van der Waals surface area contributed by atoms with E-state index < -0.39 is 5.97 Å². The summed E-state index contributed by atoms with van der Waals surface area (Å²) < 4.78 is 28.7. The van der Waals surface area contributed by atoms with Gasteiger partial charge in [0.1, 0.15) is 13.2 Å². The maximum absolute atomic E-state index is 12.6. The first-order chi connectivity index (χ1) is 14.0. The van der Waals surface area contributed by atoms with Gasteiger partial charge < -0.3 is 28.3 Å². The number of aryl methyl sites for hydroxylation is 1. The standard InChI is InChI=1S/C21H25NO7/c1-13-9-16(14(2)22(13)5-6-25-3)17(23)12-29-21(24)15-10-18(26-4)20-19(11-15)27-7-8-28-20/h9-11H,5-8,12H2,1-4H3. The quantitative estimate of drug-likeness (QED) is 0.495. The number of aromatic nitrogens is 1. The van der Waals surface area contributed by atoms with E-state index in [1.165, 1.54) is 19.2 Å². The summed E-state index contributed by atoms with van der Waals surface area (Å²) in [5.41, 5.74) is 2.53. The minimum Gasteiger partial charge on any atom is -0.493 e. The third-order valence-corrected chi connectivity index (χ3v) is 4.79. The van der Waals surface area contributed by atoms with Gasteiger partial charge >= 0.3 is 5.97 Å². The fourth-order valence-corrected chi connectivity index (χ4v) is 3.29. The van der Waals surface area contributed by atoms with Gasteiger partial charge in [0.05, 0.1) is 19.3 Å². The first-order valence-corrected chi connectivity index (χ1v) is 9.29. The molecule has 0 fully saturated rings. The lowest BCUT2D eigenvalue weighted by Gasteiger charge is -2.21. The van der Waals surface area contributed by atoms with Gasteiger partial charge in [-0.2, -0.15) is 0 Å². The number of carbonyl (C=O) groups is 2. The molecule has 2 heterocycles. The molecule has 1 aromatic heterocycles. The van der Waals surface area contributed by atoms with Gasteiger partial charge in [0.25, 0.3) is 0 Å². The van der Waals surface area contributed by atoms with E-state index in [-0.39, 0.29) is 18.0 Å². The first kappa shape index (κ1) is 20.7. The molecule has 0 saturated carbocycles. The molecule has 8 heteroatoms. The number of methoxy groups -OCH3 is 2. The van der Waals surface area contributed by atoms with E-state index in [0.29, 0.717) is 49.2 Å². The van der Waals surface area contributed by atoms with Crippen LogP contribution in [0.3, 0.4) is 0 Å². The van der Waals surface area contributed by atoms with Crippen LogP contribution in [0.2, 0.25) is 0 Å². The Morgan fingerprint density at radius 3 is 2.59 bits per heavy atom. The number of hydrogen-bond donors (Lipinski definition) is 0. The lowest BCUT2D eigenvalue weighted by Crippen LogP contribution is -2.18. The third-order valence-electron chi connectivity index (χ3n) is 4.79. The van der Waals surface area contributed by atoms with Crippen molar-refractivity contribution in [3.63, 3.8) is 0 Å². The van der Waals surface area contributed by atoms with Crippen LogP contribution < -0.4 is 14.2 Å². The van der Waals surface area contributed by atoms with E-state index in [1.54, 1.807) is 13.2 Å². The molecule has 0 spiro atoms. The van der Waals surface area contributed by atoms with Crippen LogP contribution in [0.25, 0.3) is 0 Å². The summed E-state index contributed by atoms with van der Waals surface area (Å²) in [5.74, 6) is 0.342. The molecule has 8 nitrogen and oxygen atoms in total. The number of esters is 1. The molecular formula is C21H25NO7. The molecular weight excluding hydrogens is 378 g/mol. The van der Waals surface area contributed by atoms with Crippen molar-refractivity contribution in [3.8, 4) is 17.2 Å². The SMILES string of the molecule is COCCn1c(C)cc(C(=O)COC(=O)c2cc(OC)c3c(c2)OCCO3)c1C. The fraction of sp³-hybridized carbons (Fsp3) is 0.429. The molecule has 1 aliphatic rings. The van der Waals surface area contributed by atoms with Crippen LogP contribution >= 0.6 is 0 Å². The zero-order valence-electron chi connectivity index (χ0n) is 17.1. The number of ether oxygens (including phenoxy) is 5. The van der Waals surface area contributed by atoms with Gasteiger partial charge in [-0.3, -0.25) is 4.79 Å². The third kappa shape index (κ3) is 4.37. The van der Waals surface area contributed by atoms with Crippen molar-refractivity contribution in [2.75, 3.05) is 40.6 Å². The predicted octanol–water partition coefficient (Wildman–Crippen LogP) is 2.57. The molecule has 0 amide bonds. The number of benzene rings is 1. The number of carbonyl (C=O) groups excluding carboxylic acids is 2. The zero-order chi connectivity index (χ0) is 21.0. The van der Waals surface area contributed by atoms with E-state index in [2.05, 4.69) is 0 Å². The largest absolute Gasteiger partial charge is 0.493 e. The Morgan fingerprint density at radius 2 is 1.86 bits per heavy atom. The average molecular weight is 403 g/mol. The van der Waals surface area contributed by atoms with Gasteiger partial charge in [0, 0.05) is 30.6 Å². The van der Waals surface area contributed by atoms with E-state index in [9.17, 15) is 9.59 Å². The van der Waals surface area contributed by atoms with Gasteiger partial charge in [-0.05, 0) is 32.0 Å². The number of rotatable bonds is 8. The van der Waals surface area contributed by atoms with Gasteiger partial charge in [0.15, 0.2) is 18.1 Å². The lowest BCUT2D eigenvalue weighted by atomic mass is 10.1. The van der Waals surface area contributed by atoms with Crippen LogP contribution in [0.4, 0.5) is 0 Å². The smallest absolute Gasteiger partial charge is 0.338 e. The van der Waals surface area contributed by atoms with E-state index in [1.807, 2.05) is 18.4 Å². The normalized spacial score (nSPS) is 12.6. The van der Waals surface area contributed by atoms with Gasteiger partial charge in [0.2, 0.25) is 11.5 Å². The number of hydrogen-bond acceptors (Lipinski definition) is 7. The fourth-order valence-electron chi connectivity index (χ4n) is 3.29. The zero-order valence-corrected chi connectivity index (χ0v) is 17.1. The molecule has 0 radical (unpaired) electrons. The number of fused-ring (bicyclic) bond motifs is 1. The van der Waals surface area contributed by atoms with E-state index >= 15 is 0 Å². The van der Waals surface area contributed by atoms with Crippen molar-refractivity contribution in [2.24, 2.45) is 0 Å². The Balaban J connectivity index is 1.70. The van der Waals surface area contributed by atoms with Crippen LogP contribution in [-0.2, 0) is 16.0 Å². The van der Waals surface area contributed by atoms with Gasteiger partial charge in [-0.25, -0.2) is 4.79 Å². The summed E-state index contributed by atoms with van der Waals surface area (Å²) in [6.07, 6.45) is 0. The number of ketones is 1. The molecule has 1 aromatic carbocycles. The monoisotopic (exact) mass is 403 g/mol. The molecule has 0 unspecified atom stereocenters. The molecule has 2 aromatic rings. The van der Waals surface area contributed by atoms with Crippen molar-refractivity contribution < 1.29 is 33.3 Å². The second-order valence-electron chi connectivity index (χ2n) is 6.63. The molecule has 0 saturated heterocycles. The first-order valence-electron chi connectivity index (χ1n) is 9.29. The average Bonchev–Trinajstić information content (AvgIpc) is 3.02. The minimum absolute atomic E-state index is 0.226. The Bertz CT molecular complexity index is 899. The second kappa shape index (κ2) is 9.00. The van der Waals surface area contributed by atoms with E-state index in [0.717, 1.165) is 11.4 Å². The van der Waals surface area contributed by atoms with Crippen molar-refractivity contribution in [1.29, 1.82) is 0 Å². The highest BCUT2D eigenvalue weighted by molar-refractivity contribution is 6.00. The molecule has 29 heavy (non-hydrogen) atoms. The Kier molecular flexibility index (Phi) is 6.43. The molecule has 0 N–H and O–H groups in total.